The lowest BCUT2D eigenvalue weighted by Crippen LogP contribution is -2.24. The summed E-state index contributed by atoms with van der Waals surface area (Å²) in [4.78, 5) is 35.2. The van der Waals surface area contributed by atoms with Gasteiger partial charge in [-0.3, -0.25) is 19.4 Å². The Morgan fingerprint density at radius 3 is 2.37 bits per heavy atom. The zero-order valence-electron chi connectivity index (χ0n) is 22.2. The van der Waals surface area contributed by atoms with Gasteiger partial charge in [0.2, 0.25) is 6.29 Å². The Labute approximate surface area is 223 Å². The van der Waals surface area contributed by atoms with E-state index in [0.717, 1.165) is 29.5 Å². The van der Waals surface area contributed by atoms with Gasteiger partial charge in [-0.05, 0) is 68.8 Å². The van der Waals surface area contributed by atoms with Crippen molar-refractivity contribution >= 4 is 30.3 Å². The summed E-state index contributed by atoms with van der Waals surface area (Å²) in [6.45, 7) is 2.43. The molecule has 1 aliphatic rings. The number of aliphatic imine (C=N–C) groups is 1. The van der Waals surface area contributed by atoms with E-state index < -0.39 is 5.91 Å². The van der Waals surface area contributed by atoms with Crippen molar-refractivity contribution in [3.8, 4) is 6.07 Å². The predicted octanol–water partition coefficient (Wildman–Crippen LogP) is 2.47. The minimum atomic E-state index is -0.689. The molecular weight excluding hydrogens is 487 g/mol. The van der Waals surface area contributed by atoms with E-state index in [4.69, 9.17) is 11.0 Å². The second-order valence-corrected chi connectivity index (χ2v) is 8.39. The van der Waals surface area contributed by atoms with Crippen LogP contribution >= 0.6 is 0 Å². The molecule has 1 amide bonds. The van der Waals surface area contributed by atoms with Gasteiger partial charge in [0.15, 0.2) is 0 Å². The number of hydrogen-bond donors (Lipinski definition) is 4. The van der Waals surface area contributed by atoms with Gasteiger partial charge in [0.05, 0.1) is 12.6 Å². The number of amides is 1. The Hall–Kier alpha value is -4.20. The van der Waals surface area contributed by atoms with Gasteiger partial charge in [-0.25, -0.2) is 4.39 Å². The predicted molar refractivity (Wildman–Crippen MR) is 147 cm³/mol. The second kappa shape index (κ2) is 16.5. The Balaban J connectivity index is 0.000000334. The Morgan fingerprint density at radius 2 is 1.89 bits per heavy atom. The molecule has 0 bridgehead atoms. The molecule has 0 radical (unpaired) electrons. The molecule has 1 fully saturated rings. The summed E-state index contributed by atoms with van der Waals surface area (Å²) in [6, 6.07) is 13.9. The van der Waals surface area contributed by atoms with Gasteiger partial charge in [-0.2, -0.15) is 5.26 Å². The summed E-state index contributed by atoms with van der Waals surface area (Å²) < 4.78 is 13.9. The van der Waals surface area contributed by atoms with Crippen molar-refractivity contribution in [2.45, 2.75) is 31.8 Å². The van der Waals surface area contributed by atoms with Crippen molar-refractivity contribution < 1.29 is 18.8 Å². The number of benzene rings is 2. The van der Waals surface area contributed by atoms with E-state index in [1.807, 2.05) is 19.2 Å². The molecule has 2 aromatic carbocycles. The van der Waals surface area contributed by atoms with Gasteiger partial charge < -0.3 is 21.7 Å². The first-order valence-electron chi connectivity index (χ1n) is 11.9. The van der Waals surface area contributed by atoms with Crippen LogP contribution in [0.2, 0.25) is 0 Å². The highest BCUT2D eigenvalue weighted by molar-refractivity contribution is 6.23. The number of allylic oxidation sites excluding steroid dienone is 2. The summed E-state index contributed by atoms with van der Waals surface area (Å²) in [5.74, 6) is -0.928. The fraction of sp³-hybridized carbons (Fsp3) is 0.321. The van der Waals surface area contributed by atoms with Crippen LogP contribution in [-0.4, -0.2) is 52.4 Å². The average molecular weight is 523 g/mol. The van der Waals surface area contributed by atoms with Gasteiger partial charge >= 0.3 is 0 Å². The maximum absolute atomic E-state index is 13.9. The number of rotatable bonds is 9. The average Bonchev–Trinajstić information content (AvgIpc) is 3.72. The third-order valence-electron chi connectivity index (χ3n) is 5.67. The molecule has 0 atom stereocenters. The summed E-state index contributed by atoms with van der Waals surface area (Å²) in [5.41, 5.74) is 10.2. The molecule has 2 aromatic rings. The van der Waals surface area contributed by atoms with Crippen molar-refractivity contribution in [2.24, 2.45) is 10.7 Å². The summed E-state index contributed by atoms with van der Waals surface area (Å²) in [7, 11) is 5.33. The van der Waals surface area contributed by atoms with Crippen molar-refractivity contribution in [3.05, 3.63) is 76.2 Å². The van der Waals surface area contributed by atoms with Crippen LogP contribution in [0.25, 0.3) is 5.57 Å². The van der Waals surface area contributed by atoms with Gasteiger partial charge in [-0.1, -0.05) is 24.3 Å². The summed E-state index contributed by atoms with van der Waals surface area (Å²) >= 11 is 0. The quantitative estimate of drug-likeness (QED) is 0.171. The van der Waals surface area contributed by atoms with Crippen molar-refractivity contribution in [1.82, 2.24) is 16.0 Å². The highest BCUT2D eigenvalue weighted by Crippen LogP contribution is 2.45. The Bertz CT molecular complexity index is 1200. The molecule has 0 aliphatic heterocycles. The van der Waals surface area contributed by atoms with Crippen LogP contribution in [0.5, 0.6) is 0 Å². The molecule has 10 heteroatoms. The second-order valence-electron chi connectivity index (χ2n) is 8.39. The van der Waals surface area contributed by atoms with Gasteiger partial charge in [-0.15, -0.1) is 0 Å². The van der Waals surface area contributed by atoms with Crippen molar-refractivity contribution in [1.29, 1.82) is 5.26 Å². The van der Waals surface area contributed by atoms with Gasteiger partial charge in [0.1, 0.15) is 12.1 Å². The van der Waals surface area contributed by atoms with Gasteiger partial charge in [0.25, 0.3) is 5.91 Å². The molecule has 0 saturated heterocycles. The Kier molecular flexibility index (Phi) is 13.8. The number of aldehydes is 2. The van der Waals surface area contributed by atoms with E-state index in [1.54, 1.807) is 57.6 Å². The smallest absolute Gasteiger partial charge is 0.284 e. The number of halogens is 1. The lowest BCUT2D eigenvalue weighted by Gasteiger charge is -2.16. The molecule has 0 unspecified atom stereocenters. The minimum absolute atomic E-state index is 0.0617. The lowest BCUT2D eigenvalue weighted by molar-refractivity contribution is -0.131. The van der Waals surface area contributed by atoms with Crippen LogP contribution in [0.4, 0.5) is 4.39 Å². The number of nitrogens with two attached hydrogens (primary N) is 1. The van der Waals surface area contributed by atoms with E-state index in [0.29, 0.717) is 29.7 Å². The van der Waals surface area contributed by atoms with Crippen LogP contribution in [0, 0.1) is 17.1 Å². The van der Waals surface area contributed by atoms with Crippen LogP contribution in [0.3, 0.4) is 0 Å². The maximum atomic E-state index is 13.9. The molecule has 1 saturated carbocycles. The first-order chi connectivity index (χ1) is 18.2. The topological polar surface area (TPSA) is 149 Å². The molecule has 3 rings (SSSR count). The number of nitriles is 1. The molecule has 1 aliphatic carbocycles. The standard InChI is InChI=1S/C15H20FN3.C10H9NO3.C3H6N2/c1-10(17)14(9-18-2)11-6-12(8-13(16)7-11)15(19-3)4-5-15;12-6-9-4-2-1-3-8(9)5-11-10(14)7-13;1-5-3-2-4/h6-9,19H,4-5,17H2,1-3H3;1-4,6-7H,5H2,(H,11,14);5H,3H2,1H3/b14-10+,18-9?;;. The van der Waals surface area contributed by atoms with E-state index in [2.05, 4.69) is 20.9 Å². The fourth-order valence-electron chi connectivity index (χ4n) is 3.48. The highest BCUT2D eigenvalue weighted by atomic mass is 19.1. The number of nitrogens with zero attached hydrogens (tertiary/aromatic N) is 2. The van der Waals surface area contributed by atoms with Crippen LogP contribution in [0.1, 0.15) is 46.8 Å². The largest absolute Gasteiger partial charge is 0.402 e. The number of hydrogen-bond acceptors (Lipinski definition) is 8. The molecule has 0 aromatic heterocycles. The zero-order valence-corrected chi connectivity index (χ0v) is 22.2. The van der Waals surface area contributed by atoms with Crippen LogP contribution in [0.15, 0.2) is 53.2 Å². The van der Waals surface area contributed by atoms with Crippen molar-refractivity contribution in [3.63, 3.8) is 0 Å². The third-order valence-corrected chi connectivity index (χ3v) is 5.67. The molecule has 202 valence electrons. The zero-order chi connectivity index (χ0) is 28.6. The highest BCUT2D eigenvalue weighted by Gasteiger charge is 2.43. The van der Waals surface area contributed by atoms with Gasteiger partial charge in [0, 0.05) is 42.2 Å². The lowest BCUT2D eigenvalue weighted by atomic mass is 9.97. The van der Waals surface area contributed by atoms with E-state index in [1.165, 1.54) is 6.07 Å². The molecule has 5 N–H and O–H groups in total. The first-order valence-corrected chi connectivity index (χ1v) is 11.9. The normalized spacial score (nSPS) is 13.5. The van der Waals surface area contributed by atoms with E-state index >= 15 is 0 Å². The number of carbonyl (C=O) groups excluding carboxylic acids is 3. The molecule has 0 heterocycles. The van der Waals surface area contributed by atoms with E-state index in [9.17, 15) is 18.8 Å². The maximum Gasteiger partial charge on any atom is 0.284 e. The first kappa shape index (κ1) is 31.8. The minimum Gasteiger partial charge on any atom is -0.402 e. The van der Waals surface area contributed by atoms with Crippen molar-refractivity contribution in [2.75, 3.05) is 27.7 Å². The molecule has 0 spiro atoms. The van der Waals surface area contributed by atoms with E-state index in [-0.39, 0.29) is 24.2 Å². The molecule has 38 heavy (non-hydrogen) atoms. The van der Waals surface area contributed by atoms with Crippen LogP contribution in [-0.2, 0) is 21.7 Å². The monoisotopic (exact) mass is 522 g/mol. The number of carbonyl (C=O) groups is 3. The SMILES string of the molecule is CN=C/C(=C(/C)N)c1cc(F)cc(C2(NC)CC2)c1.CNCC#N.O=CC(=O)NCc1ccccc1C=O. The van der Waals surface area contributed by atoms with Crippen LogP contribution < -0.4 is 21.7 Å². The summed E-state index contributed by atoms with van der Waals surface area (Å²) in [6.07, 6.45) is 4.66. The Morgan fingerprint density at radius 1 is 1.21 bits per heavy atom. The third kappa shape index (κ3) is 10.0. The number of nitrogens with one attached hydrogen (secondary N) is 3. The molecular formula is C28H35FN6O3. The molecule has 9 nitrogen and oxygen atoms in total. The fourth-order valence-corrected chi connectivity index (χ4v) is 3.48. The summed E-state index contributed by atoms with van der Waals surface area (Å²) in [5, 5.41) is 16.0.